The van der Waals surface area contributed by atoms with Gasteiger partial charge in [0.15, 0.2) is 22.1 Å². The maximum absolute atomic E-state index is 11.5. The molecule has 8 nitrogen and oxygen atoms in total. The number of benzene rings is 1. The van der Waals surface area contributed by atoms with Gasteiger partial charge in [0.2, 0.25) is 0 Å². The van der Waals surface area contributed by atoms with Gasteiger partial charge in [-0.2, -0.15) is 0 Å². The van der Waals surface area contributed by atoms with E-state index in [1.165, 1.54) is 11.9 Å². The van der Waals surface area contributed by atoms with Crippen molar-refractivity contribution in [1.82, 2.24) is 24.4 Å². The lowest BCUT2D eigenvalue weighted by molar-refractivity contribution is -0.116. The lowest BCUT2D eigenvalue weighted by Gasteiger charge is -2.15. The second-order valence-electron chi connectivity index (χ2n) is 7.49. The monoisotopic (exact) mass is 536 g/mol. The molecule has 0 radical (unpaired) electrons. The van der Waals surface area contributed by atoms with Crippen LogP contribution in [0, 0.1) is 3.57 Å². The molecular formula is C20H21IN6O2S. The topological polar surface area (TPSA) is 99.2 Å². The minimum absolute atomic E-state index is 0.329. The molecule has 2 aromatic heterocycles. The molecule has 0 atom stereocenters. The molecule has 1 fully saturated rings. The van der Waals surface area contributed by atoms with E-state index >= 15 is 0 Å². The van der Waals surface area contributed by atoms with E-state index in [2.05, 4.69) is 54.2 Å². The molecule has 0 saturated carbocycles. The van der Waals surface area contributed by atoms with Crippen LogP contribution >= 0.6 is 34.4 Å². The van der Waals surface area contributed by atoms with Gasteiger partial charge >= 0.3 is 0 Å². The summed E-state index contributed by atoms with van der Waals surface area (Å²) in [5.74, 6) is 1.70. The predicted molar refractivity (Wildman–Crippen MR) is 123 cm³/mol. The average Bonchev–Trinajstić information content (AvgIpc) is 3.43. The number of hydrogen-bond donors (Lipinski definition) is 1. The molecule has 1 saturated heterocycles. The van der Waals surface area contributed by atoms with Gasteiger partial charge in [-0.3, -0.25) is 9.69 Å². The van der Waals surface area contributed by atoms with Crippen LogP contribution in [0.25, 0.3) is 11.2 Å². The molecule has 0 unspecified atom stereocenters. The molecule has 30 heavy (non-hydrogen) atoms. The number of rotatable bonds is 6. The molecule has 3 aromatic rings. The van der Waals surface area contributed by atoms with Crippen molar-refractivity contribution < 1.29 is 9.53 Å². The Hall–Kier alpha value is -1.92. The van der Waals surface area contributed by atoms with E-state index in [1.54, 1.807) is 11.8 Å². The number of Topliss-reactive ketones (excluding diaryl/α,β-unsaturated/α-hetero) is 1. The predicted octanol–water partition coefficient (Wildman–Crippen LogP) is 2.76. The number of fused-ring (bicyclic) bond motifs is 2. The summed E-state index contributed by atoms with van der Waals surface area (Å²) in [6, 6.07) is 4.29. The second-order valence-corrected chi connectivity index (χ2v) is 9.66. The highest BCUT2D eigenvalue weighted by Gasteiger charge is 2.21. The molecular weight excluding hydrogens is 515 g/mol. The fourth-order valence-electron chi connectivity index (χ4n) is 3.90. The summed E-state index contributed by atoms with van der Waals surface area (Å²) in [5.41, 5.74) is 8.70. The summed E-state index contributed by atoms with van der Waals surface area (Å²) in [6.07, 6.45) is 3.99. The number of imidazole rings is 1. The third-order valence-corrected chi connectivity index (χ3v) is 7.74. The number of likely N-dealkylation sites (tertiary alicyclic amines) is 1. The summed E-state index contributed by atoms with van der Waals surface area (Å²) in [7, 11) is 0. The number of anilines is 1. The number of ketones is 1. The van der Waals surface area contributed by atoms with E-state index in [0.29, 0.717) is 30.1 Å². The van der Waals surface area contributed by atoms with Crippen LogP contribution in [0.1, 0.15) is 18.4 Å². The maximum Gasteiger partial charge on any atom is 0.175 e. The first-order valence-corrected chi connectivity index (χ1v) is 11.8. The Kier molecular flexibility index (Phi) is 5.54. The summed E-state index contributed by atoms with van der Waals surface area (Å²) in [6.45, 7) is 3.80. The molecule has 2 aliphatic rings. The van der Waals surface area contributed by atoms with E-state index < -0.39 is 0 Å². The molecule has 0 bridgehead atoms. The van der Waals surface area contributed by atoms with Crippen LogP contribution in [0.3, 0.4) is 0 Å². The first-order valence-electron chi connectivity index (χ1n) is 9.92. The van der Waals surface area contributed by atoms with Crippen molar-refractivity contribution in [3.63, 3.8) is 0 Å². The van der Waals surface area contributed by atoms with Crippen molar-refractivity contribution in [1.29, 1.82) is 0 Å². The number of nitrogens with two attached hydrogens (primary N) is 1. The molecule has 4 heterocycles. The van der Waals surface area contributed by atoms with E-state index in [9.17, 15) is 4.79 Å². The van der Waals surface area contributed by atoms with Crippen LogP contribution in [0.15, 0.2) is 28.5 Å². The van der Waals surface area contributed by atoms with Gasteiger partial charge in [-0.05, 0) is 46.7 Å². The Bertz CT molecular complexity index is 1130. The summed E-state index contributed by atoms with van der Waals surface area (Å²) >= 11 is 3.97. The van der Waals surface area contributed by atoms with Crippen molar-refractivity contribution in [3.8, 4) is 5.75 Å². The van der Waals surface area contributed by atoms with Crippen molar-refractivity contribution >= 4 is 57.1 Å². The third kappa shape index (κ3) is 3.87. The van der Waals surface area contributed by atoms with Gasteiger partial charge < -0.3 is 15.0 Å². The number of nitrogens with zero attached hydrogens (tertiary/aromatic N) is 5. The first kappa shape index (κ1) is 20.0. The van der Waals surface area contributed by atoms with Crippen LogP contribution in [0.2, 0.25) is 0 Å². The quantitative estimate of drug-likeness (QED) is 0.481. The van der Waals surface area contributed by atoms with Crippen LogP contribution in [0.4, 0.5) is 5.82 Å². The maximum atomic E-state index is 11.5. The number of aryl methyl sites for hydroxylation is 1. The lowest BCUT2D eigenvalue weighted by Crippen LogP contribution is -2.23. The number of carbonyl (C=O) groups is 1. The smallest absolute Gasteiger partial charge is 0.175 e. The number of carbonyl (C=O) groups excluding carboxylic acids is 1. The molecule has 2 aliphatic heterocycles. The van der Waals surface area contributed by atoms with Crippen molar-refractivity contribution in [2.45, 2.75) is 35.9 Å². The number of hydrogen-bond acceptors (Lipinski definition) is 8. The average molecular weight is 536 g/mol. The Balaban J connectivity index is 1.43. The zero-order chi connectivity index (χ0) is 20.7. The van der Waals surface area contributed by atoms with Gasteiger partial charge in [-0.25, -0.2) is 15.0 Å². The number of halogens is 1. The standard InChI is InChI=1S/C20H21IN6O2S/c21-14-9-15-12(3-7-29-15)8-16(14)30-20-25-17-18(22)23-11-24-19(17)27(20)5-1-4-26-6-2-13(28)10-26/h8-9,11H,1-7,10H2,(H2,22,23,24). The zero-order valence-corrected chi connectivity index (χ0v) is 19.3. The van der Waals surface area contributed by atoms with Crippen molar-refractivity contribution in [3.05, 3.63) is 27.6 Å². The first-order chi connectivity index (χ1) is 14.6. The van der Waals surface area contributed by atoms with E-state index in [1.807, 2.05) is 0 Å². The molecule has 5 rings (SSSR count). The molecule has 0 amide bonds. The number of aromatic nitrogens is 4. The molecule has 1 aromatic carbocycles. The van der Waals surface area contributed by atoms with Gasteiger partial charge in [0.25, 0.3) is 0 Å². The molecule has 0 spiro atoms. The van der Waals surface area contributed by atoms with Crippen molar-refractivity contribution in [2.75, 3.05) is 32.0 Å². The Morgan fingerprint density at radius 1 is 1.23 bits per heavy atom. The fourth-order valence-corrected chi connectivity index (χ4v) is 5.65. The minimum atomic E-state index is 0.329. The molecule has 156 valence electrons. The highest BCUT2D eigenvalue weighted by atomic mass is 127. The van der Waals surface area contributed by atoms with Gasteiger partial charge in [0.05, 0.1) is 13.2 Å². The molecule has 2 N–H and O–H groups in total. The van der Waals surface area contributed by atoms with E-state index in [-0.39, 0.29) is 0 Å². The SMILES string of the molecule is Nc1ncnc2c1nc(Sc1cc3c(cc1I)OCC3)n2CCCN1CCC(=O)C1. The van der Waals surface area contributed by atoms with E-state index in [4.69, 9.17) is 15.5 Å². The van der Waals surface area contributed by atoms with Crippen LogP contribution in [-0.2, 0) is 17.8 Å². The number of nitrogen functional groups attached to an aromatic ring is 1. The third-order valence-electron chi connectivity index (χ3n) is 5.43. The van der Waals surface area contributed by atoms with Gasteiger partial charge in [-0.1, -0.05) is 11.8 Å². The minimum Gasteiger partial charge on any atom is -0.493 e. The fraction of sp³-hybridized carbons (Fsp3) is 0.400. The summed E-state index contributed by atoms with van der Waals surface area (Å²) < 4.78 is 8.93. The van der Waals surface area contributed by atoms with Gasteiger partial charge in [0, 0.05) is 40.9 Å². The lowest BCUT2D eigenvalue weighted by atomic mass is 10.2. The Labute approximate surface area is 191 Å². The number of ether oxygens (including phenoxy) is 1. The largest absolute Gasteiger partial charge is 0.493 e. The van der Waals surface area contributed by atoms with Crippen molar-refractivity contribution in [2.24, 2.45) is 0 Å². The van der Waals surface area contributed by atoms with Crippen LogP contribution < -0.4 is 10.5 Å². The Morgan fingerprint density at radius 3 is 2.97 bits per heavy atom. The second kappa shape index (κ2) is 8.31. The summed E-state index contributed by atoms with van der Waals surface area (Å²) in [5, 5.41) is 0.853. The normalized spacial score (nSPS) is 16.4. The van der Waals surface area contributed by atoms with Gasteiger partial charge in [0.1, 0.15) is 17.9 Å². The zero-order valence-electron chi connectivity index (χ0n) is 16.3. The molecule has 0 aliphatic carbocycles. The van der Waals surface area contributed by atoms with Crippen LogP contribution in [0.5, 0.6) is 5.75 Å². The van der Waals surface area contributed by atoms with Crippen LogP contribution in [-0.4, -0.2) is 56.4 Å². The van der Waals surface area contributed by atoms with E-state index in [0.717, 1.165) is 64.1 Å². The highest BCUT2D eigenvalue weighted by molar-refractivity contribution is 14.1. The summed E-state index contributed by atoms with van der Waals surface area (Å²) in [4.78, 5) is 28.2. The highest BCUT2D eigenvalue weighted by Crippen LogP contribution is 2.38. The Morgan fingerprint density at radius 2 is 2.13 bits per heavy atom. The molecule has 10 heteroatoms. The van der Waals surface area contributed by atoms with Gasteiger partial charge in [-0.15, -0.1) is 0 Å².